The predicted octanol–water partition coefficient (Wildman–Crippen LogP) is -0.836. The second-order valence-corrected chi connectivity index (χ2v) is 6.40. The van der Waals surface area contributed by atoms with E-state index in [9.17, 15) is 0 Å². The molecule has 80 valence electrons. The minimum absolute atomic E-state index is 0. The highest BCUT2D eigenvalue weighted by Gasteiger charge is 2.23. The van der Waals surface area contributed by atoms with Crippen LogP contribution in [0, 0.1) is 0 Å². The van der Waals surface area contributed by atoms with Gasteiger partial charge in [-0.1, -0.05) is 34.4 Å². The van der Waals surface area contributed by atoms with Gasteiger partial charge in [0.15, 0.2) is 0 Å². The van der Waals surface area contributed by atoms with Crippen molar-refractivity contribution in [2.45, 2.75) is 36.3 Å². The second kappa shape index (κ2) is 8.54. The van der Waals surface area contributed by atoms with Crippen LogP contribution in [-0.2, 0) is 0 Å². The molecule has 1 nitrogen and oxygen atoms in total. The summed E-state index contributed by atoms with van der Waals surface area (Å²) in [5, 5.41) is 1.11. The minimum Gasteiger partial charge on any atom is -1.00 e. The molecule has 1 rings (SSSR count). The van der Waals surface area contributed by atoms with Crippen LogP contribution in [0.1, 0.15) is 25.7 Å². The molecule has 0 bridgehead atoms. The molecule has 0 saturated heterocycles. The van der Waals surface area contributed by atoms with Gasteiger partial charge in [0.05, 0.1) is 12.3 Å². The number of halogens is 2. The first-order chi connectivity index (χ1) is 5.84. The van der Waals surface area contributed by atoms with Crippen molar-refractivity contribution in [2.75, 3.05) is 12.3 Å². The van der Waals surface area contributed by atoms with Gasteiger partial charge in [-0.3, -0.25) is 0 Å². The van der Waals surface area contributed by atoms with E-state index in [0.29, 0.717) is 10.6 Å². The van der Waals surface area contributed by atoms with Gasteiger partial charge in [-0.2, -0.15) is 0 Å². The minimum atomic E-state index is 0. The van der Waals surface area contributed by atoms with Crippen LogP contribution in [0.2, 0.25) is 0 Å². The van der Waals surface area contributed by atoms with E-state index in [1.807, 2.05) is 21.6 Å². The van der Waals surface area contributed by atoms with E-state index in [2.05, 4.69) is 5.73 Å². The third-order valence-corrected chi connectivity index (χ3v) is 5.77. The van der Waals surface area contributed by atoms with Crippen molar-refractivity contribution in [2.24, 2.45) is 0 Å². The summed E-state index contributed by atoms with van der Waals surface area (Å²) in [4.78, 5) is 0. The fourth-order valence-electron chi connectivity index (χ4n) is 1.35. The summed E-state index contributed by atoms with van der Waals surface area (Å²) in [6, 6.07) is 0. The lowest BCUT2D eigenvalue weighted by Crippen LogP contribution is -3.00. The van der Waals surface area contributed by atoms with Crippen molar-refractivity contribution in [3.63, 3.8) is 0 Å². The molecule has 0 aromatic carbocycles. The smallest absolute Gasteiger partial charge is 0.0840 e. The van der Waals surface area contributed by atoms with E-state index in [-0.39, 0.29) is 12.4 Å². The maximum absolute atomic E-state index is 6.21. The number of alkyl halides is 1. The van der Waals surface area contributed by atoms with Crippen LogP contribution < -0.4 is 18.1 Å². The highest BCUT2D eigenvalue weighted by Crippen LogP contribution is 2.38. The lowest BCUT2D eigenvalue weighted by molar-refractivity contribution is -0.360. The van der Waals surface area contributed by atoms with E-state index in [4.69, 9.17) is 11.6 Å². The molecule has 0 aromatic rings. The Hall–Kier alpha value is 1.24. The zero-order chi connectivity index (χ0) is 8.81. The van der Waals surface area contributed by atoms with Gasteiger partial charge in [0, 0.05) is 10.6 Å². The highest BCUT2D eigenvalue weighted by atomic mass is 35.5. The van der Waals surface area contributed by atoms with Crippen molar-refractivity contribution in [3.8, 4) is 0 Å². The fourth-order valence-corrected chi connectivity index (χ4v) is 4.74. The molecule has 0 amide bonds. The van der Waals surface area contributed by atoms with Gasteiger partial charge in [0.2, 0.25) is 0 Å². The molecule has 1 saturated carbocycles. The number of rotatable bonds is 4. The molecule has 0 radical (unpaired) electrons. The average Bonchev–Trinajstić information content (AvgIpc) is 2.09. The third-order valence-electron chi connectivity index (χ3n) is 2.04. The maximum Gasteiger partial charge on any atom is 0.0840 e. The lowest BCUT2D eigenvalue weighted by atomic mass is 10.00. The lowest BCUT2D eigenvalue weighted by Gasteiger charge is -2.25. The van der Waals surface area contributed by atoms with Crippen molar-refractivity contribution in [3.05, 3.63) is 0 Å². The van der Waals surface area contributed by atoms with Gasteiger partial charge in [0.25, 0.3) is 0 Å². The van der Waals surface area contributed by atoms with Crippen LogP contribution in [0.15, 0.2) is 0 Å². The van der Waals surface area contributed by atoms with E-state index in [1.54, 1.807) is 0 Å². The molecule has 1 fully saturated rings. The number of hydrogen-bond acceptors (Lipinski definition) is 2. The third kappa shape index (κ3) is 5.63. The average molecular weight is 262 g/mol. The van der Waals surface area contributed by atoms with Crippen LogP contribution in [-0.4, -0.2) is 22.9 Å². The van der Waals surface area contributed by atoms with Crippen LogP contribution in [0.25, 0.3) is 0 Å². The molecular weight excluding hydrogens is 245 g/mol. The zero-order valence-corrected chi connectivity index (χ0v) is 10.8. The summed E-state index contributed by atoms with van der Waals surface area (Å²) in [5.74, 6) is 1.16. The maximum atomic E-state index is 6.21. The molecular formula is C8H17Cl2NS2. The van der Waals surface area contributed by atoms with Crippen molar-refractivity contribution >= 4 is 33.2 Å². The second-order valence-electron chi connectivity index (χ2n) is 3.11. The zero-order valence-electron chi connectivity index (χ0n) is 7.68. The van der Waals surface area contributed by atoms with E-state index >= 15 is 0 Å². The summed E-state index contributed by atoms with van der Waals surface area (Å²) < 4.78 is 0. The quantitative estimate of drug-likeness (QED) is 0.406. The highest BCUT2D eigenvalue weighted by molar-refractivity contribution is 8.77. The normalized spacial score (nSPS) is 28.2. The van der Waals surface area contributed by atoms with Gasteiger partial charge in [-0.25, -0.2) is 0 Å². The van der Waals surface area contributed by atoms with Crippen LogP contribution >= 0.6 is 33.2 Å². The molecule has 2 atom stereocenters. The Morgan fingerprint density at radius 1 is 1.31 bits per heavy atom. The molecule has 2 unspecified atom stereocenters. The molecule has 0 aliphatic heterocycles. The van der Waals surface area contributed by atoms with Crippen molar-refractivity contribution in [1.82, 2.24) is 0 Å². The predicted molar refractivity (Wildman–Crippen MR) is 59.7 cm³/mol. The Kier molecular flexibility index (Phi) is 9.36. The van der Waals surface area contributed by atoms with Crippen LogP contribution in [0.4, 0.5) is 0 Å². The molecule has 13 heavy (non-hydrogen) atoms. The Morgan fingerprint density at radius 2 is 2.00 bits per heavy atom. The van der Waals surface area contributed by atoms with Crippen molar-refractivity contribution in [1.29, 1.82) is 0 Å². The Morgan fingerprint density at radius 3 is 2.62 bits per heavy atom. The Bertz CT molecular complexity index is 127. The van der Waals surface area contributed by atoms with Crippen LogP contribution in [0.3, 0.4) is 0 Å². The SMILES string of the molecule is [Cl-].[NH3+]CCSSC1CCCCC1Cl. The fraction of sp³-hybridized carbons (Fsp3) is 1.00. The van der Waals surface area contributed by atoms with Crippen LogP contribution in [0.5, 0.6) is 0 Å². The van der Waals surface area contributed by atoms with E-state index < -0.39 is 0 Å². The molecule has 0 spiro atoms. The Balaban J connectivity index is 0.00000144. The first-order valence-corrected chi connectivity index (χ1v) is 7.38. The molecule has 0 heterocycles. The monoisotopic (exact) mass is 261 g/mol. The van der Waals surface area contributed by atoms with E-state index in [1.165, 1.54) is 25.7 Å². The Labute approximate surface area is 99.7 Å². The van der Waals surface area contributed by atoms with Gasteiger partial charge in [-0.05, 0) is 12.8 Å². The number of quaternary nitrogens is 1. The topological polar surface area (TPSA) is 27.6 Å². The summed E-state index contributed by atoms with van der Waals surface area (Å²) in [6.07, 6.45) is 5.21. The molecule has 3 N–H and O–H groups in total. The molecule has 1 aliphatic carbocycles. The van der Waals surface area contributed by atoms with Crippen molar-refractivity contribution < 1.29 is 18.1 Å². The van der Waals surface area contributed by atoms with E-state index in [0.717, 1.165) is 12.3 Å². The summed E-state index contributed by atoms with van der Waals surface area (Å²) >= 11 is 6.21. The van der Waals surface area contributed by atoms with Gasteiger partial charge in [0.1, 0.15) is 0 Å². The van der Waals surface area contributed by atoms with Gasteiger partial charge < -0.3 is 18.1 Å². The summed E-state index contributed by atoms with van der Waals surface area (Å²) in [7, 11) is 3.91. The van der Waals surface area contributed by atoms with Gasteiger partial charge in [-0.15, -0.1) is 11.6 Å². The standard InChI is InChI=1S/C8H16ClNS2.ClH/c9-7-3-1-2-4-8(7)12-11-6-5-10;/h7-8H,1-6,10H2;1H. The molecule has 5 heteroatoms. The number of hydrogen-bond donors (Lipinski definition) is 1. The van der Waals surface area contributed by atoms with Gasteiger partial charge >= 0.3 is 0 Å². The summed E-state index contributed by atoms with van der Waals surface area (Å²) in [6.45, 7) is 1.03. The molecule has 0 aromatic heterocycles. The molecule has 1 aliphatic rings. The first kappa shape index (κ1) is 14.2. The largest absolute Gasteiger partial charge is 1.00 e. The first-order valence-electron chi connectivity index (χ1n) is 4.56. The summed E-state index contributed by atoms with van der Waals surface area (Å²) in [5.41, 5.74) is 3.82.